The molecule has 3 aromatic carbocycles. The van der Waals surface area contributed by atoms with Gasteiger partial charge in [-0.2, -0.15) is 0 Å². The van der Waals surface area contributed by atoms with E-state index in [0.29, 0.717) is 12.2 Å². The van der Waals surface area contributed by atoms with E-state index in [1.165, 1.54) is 17.2 Å². The average Bonchev–Trinajstić information content (AvgIpc) is 2.83. The molecule has 0 bridgehead atoms. The maximum atomic E-state index is 13.2. The molecule has 0 aromatic heterocycles. The monoisotopic (exact) mass is 457 g/mol. The van der Waals surface area contributed by atoms with E-state index in [4.69, 9.17) is 10.0 Å². The zero-order valence-electron chi connectivity index (χ0n) is 18.2. The Kier molecular flexibility index (Phi) is 9.61. The molecular formula is C24H28ClN3O4. The highest BCUT2D eigenvalue weighted by atomic mass is 35.5. The molecule has 0 aliphatic heterocycles. The normalized spacial score (nSPS) is 10.6. The van der Waals surface area contributed by atoms with E-state index < -0.39 is 5.91 Å². The molecule has 0 aliphatic carbocycles. The molecule has 2 amide bonds. The highest BCUT2D eigenvalue weighted by molar-refractivity contribution is 5.97. The van der Waals surface area contributed by atoms with Gasteiger partial charge in [0.25, 0.3) is 11.8 Å². The standard InChI is InChI=1S/C24H27N3O4.ClH/c1-3-26(4-2)17-27(24(29)20-14-12-19(13-15-20)23(28)25-30)31-16-21-10-7-9-18-8-5-6-11-22(18)21;/h5-15,30H,3-4,16-17H2,1-2H3,(H,25,28);1H. The van der Waals surface area contributed by atoms with Crippen LogP contribution in [0.2, 0.25) is 0 Å². The van der Waals surface area contributed by atoms with Crippen LogP contribution >= 0.6 is 12.4 Å². The van der Waals surface area contributed by atoms with Crippen molar-refractivity contribution in [1.29, 1.82) is 0 Å². The maximum Gasteiger partial charge on any atom is 0.278 e. The van der Waals surface area contributed by atoms with E-state index in [9.17, 15) is 9.59 Å². The van der Waals surface area contributed by atoms with Crippen LogP contribution in [0.5, 0.6) is 0 Å². The van der Waals surface area contributed by atoms with Gasteiger partial charge >= 0.3 is 0 Å². The maximum absolute atomic E-state index is 13.2. The van der Waals surface area contributed by atoms with Gasteiger partial charge in [0.1, 0.15) is 13.3 Å². The lowest BCUT2D eigenvalue weighted by atomic mass is 10.1. The van der Waals surface area contributed by atoms with Gasteiger partial charge in [0.2, 0.25) is 0 Å². The summed E-state index contributed by atoms with van der Waals surface area (Å²) in [5, 5.41) is 12.3. The van der Waals surface area contributed by atoms with E-state index >= 15 is 0 Å². The molecule has 0 radical (unpaired) electrons. The van der Waals surface area contributed by atoms with Gasteiger partial charge in [-0.05, 0) is 53.7 Å². The van der Waals surface area contributed by atoms with Crippen LogP contribution in [0.1, 0.15) is 40.1 Å². The van der Waals surface area contributed by atoms with Crippen LogP contribution in [0.15, 0.2) is 66.7 Å². The minimum atomic E-state index is -0.633. The zero-order chi connectivity index (χ0) is 22.2. The molecule has 3 rings (SSSR count). The van der Waals surface area contributed by atoms with Crippen LogP contribution in [-0.4, -0.2) is 46.7 Å². The molecule has 3 aromatic rings. The number of rotatable bonds is 9. The molecule has 0 unspecified atom stereocenters. The zero-order valence-corrected chi connectivity index (χ0v) is 19.0. The Morgan fingerprint density at radius 3 is 2.19 bits per heavy atom. The Labute approximate surface area is 193 Å². The molecule has 0 atom stereocenters. The average molecular weight is 458 g/mol. The van der Waals surface area contributed by atoms with Crippen molar-refractivity contribution in [2.75, 3.05) is 19.8 Å². The number of nitrogens with zero attached hydrogens (tertiary/aromatic N) is 2. The van der Waals surface area contributed by atoms with Crippen molar-refractivity contribution in [1.82, 2.24) is 15.4 Å². The second-order valence-corrected chi connectivity index (χ2v) is 7.06. The van der Waals surface area contributed by atoms with Crippen LogP contribution < -0.4 is 5.48 Å². The lowest BCUT2D eigenvalue weighted by molar-refractivity contribution is -0.155. The highest BCUT2D eigenvalue weighted by Gasteiger charge is 2.20. The summed E-state index contributed by atoms with van der Waals surface area (Å²) in [6.45, 7) is 6.16. The Morgan fingerprint density at radius 1 is 0.906 bits per heavy atom. The summed E-state index contributed by atoms with van der Waals surface area (Å²) >= 11 is 0. The third kappa shape index (κ3) is 6.05. The first-order valence-electron chi connectivity index (χ1n) is 10.3. The predicted octanol–water partition coefficient (Wildman–Crippen LogP) is 4.25. The van der Waals surface area contributed by atoms with Crippen molar-refractivity contribution in [2.45, 2.75) is 20.5 Å². The fourth-order valence-corrected chi connectivity index (χ4v) is 3.31. The smallest absolute Gasteiger partial charge is 0.278 e. The van der Waals surface area contributed by atoms with E-state index in [2.05, 4.69) is 4.90 Å². The first kappa shape index (κ1) is 25.3. The Bertz CT molecular complexity index is 1030. The Morgan fingerprint density at radius 2 is 1.53 bits per heavy atom. The molecule has 170 valence electrons. The van der Waals surface area contributed by atoms with Crippen molar-refractivity contribution in [3.8, 4) is 0 Å². The number of fused-ring (bicyclic) bond motifs is 1. The van der Waals surface area contributed by atoms with Crippen LogP contribution in [0.4, 0.5) is 0 Å². The van der Waals surface area contributed by atoms with Gasteiger partial charge in [-0.3, -0.25) is 24.5 Å². The summed E-state index contributed by atoms with van der Waals surface area (Å²) in [7, 11) is 0. The highest BCUT2D eigenvalue weighted by Crippen LogP contribution is 2.20. The summed E-state index contributed by atoms with van der Waals surface area (Å²) < 4.78 is 0. The van der Waals surface area contributed by atoms with E-state index in [-0.39, 0.29) is 30.5 Å². The quantitative estimate of drug-likeness (QED) is 0.285. The molecule has 0 spiro atoms. The largest absolute Gasteiger partial charge is 0.288 e. The lowest BCUT2D eigenvalue weighted by Gasteiger charge is -2.28. The third-order valence-corrected chi connectivity index (χ3v) is 5.20. The van der Waals surface area contributed by atoms with Crippen molar-refractivity contribution in [3.63, 3.8) is 0 Å². The van der Waals surface area contributed by atoms with Crippen LogP contribution in [0.3, 0.4) is 0 Å². The minimum Gasteiger partial charge on any atom is -0.288 e. The van der Waals surface area contributed by atoms with Crippen molar-refractivity contribution >= 4 is 35.0 Å². The molecule has 32 heavy (non-hydrogen) atoms. The van der Waals surface area contributed by atoms with Gasteiger partial charge in [0.05, 0.1) is 0 Å². The summed E-state index contributed by atoms with van der Waals surface area (Å²) in [4.78, 5) is 32.8. The number of hydroxylamine groups is 3. The number of hydrogen-bond acceptors (Lipinski definition) is 5. The van der Waals surface area contributed by atoms with Gasteiger partial charge in [0.15, 0.2) is 0 Å². The van der Waals surface area contributed by atoms with Crippen LogP contribution in [-0.2, 0) is 11.4 Å². The fraction of sp³-hybridized carbons (Fsp3) is 0.250. The summed E-state index contributed by atoms with van der Waals surface area (Å²) in [5.74, 6) is -0.936. The molecule has 8 heteroatoms. The number of hydrogen-bond donors (Lipinski definition) is 2. The van der Waals surface area contributed by atoms with Crippen LogP contribution in [0, 0.1) is 0 Å². The van der Waals surface area contributed by atoms with Crippen molar-refractivity contribution in [3.05, 3.63) is 83.4 Å². The molecule has 7 nitrogen and oxygen atoms in total. The van der Waals surface area contributed by atoms with Crippen LogP contribution in [0.25, 0.3) is 10.8 Å². The third-order valence-electron chi connectivity index (χ3n) is 5.20. The number of nitrogens with one attached hydrogen (secondary N) is 1. The van der Waals surface area contributed by atoms with Crippen molar-refractivity contribution < 1.29 is 19.6 Å². The summed E-state index contributed by atoms with van der Waals surface area (Å²) in [6.07, 6.45) is 0. The first-order valence-corrected chi connectivity index (χ1v) is 10.3. The SMILES string of the molecule is CCN(CC)CN(OCc1cccc2ccccc12)C(=O)c1ccc(C(=O)NO)cc1.Cl. The van der Waals surface area contributed by atoms with E-state index in [1.54, 1.807) is 17.6 Å². The van der Waals surface area contributed by atoms with E-state index in [0.717, 1.165) is 29.4 Å². The number of benzene rings is 3. The Balaban J connectivity index is 0.00000363. The molecule has 0 aliphatic rings. The van der Waals surface area contributed by atoms with Gasteiger partial charge < -0.3 is 0 Å². The number of carbonyl (C=O) groups excluding carboxylic acids is 2. The first-order chi connectivity index (χ1) is 15.1. The van der Waals surface area contributed by atoms with Gasteiger partial charge in [-0.25, -0.2) is 10.5 Å². The molecule has 0 fully saturated rings. The second-order valence-electron chi connectivity index (χ2n) is 7.06. The molecular weight excluding hydrogens is 430 g/mol. The second kappa shape index (κ2) is 12.2. The number of halogens is 1. The van der Waals surface area contributed by atoms with E-state index in [1.807, 2.05) is 56.3 Å². The fourth-order valence-electron chi connectivity index (χ4n) is 3.31. The minimum absolute atomic E-state index is 0. The Hall–Kier alpha value is -2.97. The molecule has 0 saturated carbocycles. The summed E-state index contributed by atoms with van der Waals surface area (Å²) in [5.41, 5.74) is 3.22. The molecule has 2 N–H and O–H groups in total. The predicted molar refractivity (Wildman–Crippen MR) is 126 cm³/mol. The van der Waals surface area contributed by atoms with Gasteiger partial charge in [0, 0.05) is 11.1 Å². The number of carbonyl (C=O) groups is 2. The molecule has 0 saturated heterocycles. The number of amides is 2. The lowest BCUT2D eigenvalue weighted by Crippen LogP contribution is -2.41. The van der Waals surface area contributed by atoms with Crippen molar-refractivity contribution in [2.24, 2.45) is 0 Å². The van der Waals surface area contributed by atoms with Gasteiger partial charge in [-0.15, -0.1) is 12.4 Å². The summed E-state index contributed by atoms with van der Waals surface area (Å²) in [6, 6.07) is 20.1. The van der Waals surface area contributed by atoms with Gasteiger partial charge in [-0.1, -0.05) is 56.3 Å². The topological polar surface area (TPSA) is 82.1 Å². The molecule has 0 heterocycles.